The SMILES string of the molecule is C=CCN(C(=O)[C@H]1[C@H]2C(=O)N([C@@H](CO)C(C)C)C(C(=O)N(CC=C)C(C)(C)C)C23CC(C)[C@]1(C)O3)c1ccc(OCC)cc1. The summed E-state index contributed by atoms with van der Waals surface area (Å²) in [5.41, 5.74) is -2.13. The van der Waals surface area contributed by atoms with Gasteiger partial charge < -0.3 is 29.3 Å². The van der Waals surface area contributed by atoms with Crippen LogP contribution in [0, 0.1) is 23.7 Å². The second kappa shape index (κ2) is 12.3. The van der Waals surface area contributed by atoms with Crippen molar-refractivity contribution in [3.05, 3.63) is 49.6 Å². The fraction of sp³-hybridized carbons (Fsp3) is 0.629. The predicted molar refractivity (Wildman–Crippen MR) is 171 cm³/mol. The number of nitrogens with zero attached hydrogens (tertiary/aromatic N) is 3. The number of benzene rings is 1. The minimum atomic E-state index is -1.23. The van der Waals surface area contributed by atoms with E-state index in [2.05, 4.69) is 13.2 Å². The van der Waals surface area contributed by atoms with Gasteiger partial charge in [0.1, 0.15) is 17.4 Å². The van der Waals surface area contributed by atoms with Gasteiger partial charge in [0, 0.05) is 24.3 Å². The number of amides is 3. The zero-order valence-electron chi connectivity index (χ0n) is 27.7. The normalized spacial score (nSPS) is 29.9. The highest BCUT2D eigenvalue weighted by molar-refractivity contribution is 6.03. The maximum atomic E-state index is 14.8. The standard InChI is InChI=1S/C35H51N3O6/c1-11-18-36(24-14-16-25(17-15-24)43-13-3)30(40)27-28-31(41)38(26(21-39)22(4)5)29(32(42)37(19-12-2)33(7,8)9)35(28)20-23(6)34(27,10)44-35/h11-12,14-17,22-23,26-29,39H,1-2,13,18-21H2,3-10H3/t23?,26-,27+,28-,29?,34-,35?/m0/s1. The fourth-order valence-corrected chi connectivity index (χ4v) is 7.79. The summed E-state index contributed by atoms with van der Waals surface area (Å²) < 4.78 is 12.6. The van der Waals surface area contributed by atoms with Crippen LogP contribution >= 0.6 is 0 Å². The zero-order valence-corrected chi connectivity index (χ0v) is 27.7. The van der Waals surface area contributed by atoms with Crippen LogP contribution in [-0.2, 0) is 19.1 Å². The molecule has 3 unspecified atom stereocenters. The van der Waals surface area contributed by atoms with E-state index in [0.717, 1.165) is 0 Å². The fourth-order valence-electron chi connectivity index (χ4n) is 7.79. The van der Waals surface area contributed by atoms with Gasteiger partial charge in [0.2, 0.25) is 17.7 Å². The Bertz CT molecular complexity index is 1270. The molecule has 242 valence electrons. The number of carbonyl (C=O) groups is 3. The van der Waals surface area contributed by atoms with E-state index in [4.69, 9.17) is 9.47 Å². The van der Waals surface area contributed by atoms with E-state index in [1.807, 2.05) is 79.7 Å². The van der Waals surface area contributed by atoms with Gasteiger partial charge in [-0.2, -0.15) is 0 Å². The van der Waals surface area contributed by atoms with E-state index in [0.29, 0.717) is 24.5 Å². The number of aliphatic hydroxyl groups excluding tert-OH is 1. The second-order valence-electron chi connectivity index (χ2n) is 14.0. The minimum absolute atomic E-state index is 0.115. The van der Waals surface area contributed by atoms with Crippen LogP contribution < -0.4 is 9.64 Å². The molecule has 1 aromatic rings. The van der Waals surface area contributed by atoms with E-state index in [9.17, 15) is 19.5 Å². The highest BCUT2D eigenvalue weighted by atomic mass is 16.5. The Balaban J connectivity index is 1.87. The molecule has 44 heavy (non-hydrogen) atoms. The van der Waals surface area contributed by atoms with Gasteiger partial charge in [-0.25, -0.2) is 0 Å². The Hall–Kier alpha value is -3.17. The summed E-state index contributed by atoms with van der Waals surface area (Å²) in [6.45, 7) is 24.0. The van der Waals surface area contributed by atoms with Crippen LogP contribution in [0.25, 0.3) is 0 Å². The summed E-state index contributed by atoms with van der Waals surface area (Å²) in [6, 6.07) is 5.66. The number of aliphatic hydroxyl groups is 1. The van der Waals surface area contributed by atoms with Gasteiger partial charge in [-0.05, 0) is 77.1 Å². The summed E-state index contributed by atoms with van der Waals surface area (Å²) in [7, 11) is 0. The van der Waals surface area contributed by atoms with Crippen LogP contribution in [-0.4, -0.2) is 87.8 Å². The minimum Gasteiger partial charge on any atom is -0.494 e. The summed E-state index contributed by atoms with van der Waals surface area (Å²) in [6.07, 6.45) is 3.79. The molecule has 9 nitrogen and oxygen atoms in total. The third-order valence-corrected chi connectivity index (χ3v) is 9.99. The van der Waals surface area contributed by atoms with Gasteiger partial charge >= 0.3 is 0 Å². The Morgan fingerprint density at radius 2 is 1.77 bits per heavy atom. The molecule has 9 heteroatoms. The monoisotopic (exact) mass is 609 g/mol. The molecule has 0 radical (unpaired) electrons. The molecule has 4 rings (SSSR count). The largest absolute Gasteiger partial charge is 0.494 e. The molecular formula is C35H51N3O6. The summed E-state index contributed by atoms with van der Waals surface area (Å²) >= 11 is 0. The molecular weight excluding hydrogens is 558 g/mol. The molecule has 1 spiro atoms. The topological polar surface area (TPSA) is 99.6 Å². The summed E-state index contributed by atoms with van der Waals surface area (Å²) in [5, 5.41) is 10.6. The van der Waals surface area contributed by atoms with Crippen molar-refractivity contribution in [2.45, 2.75) is 90.6 Å². The number of hydrogen-bond donors (Lipinski definition) is 1. The molecule has 3 saturated heterocycles. The van der Waals surface area contributed by atoms with E-state index in [1.165, 1.54) is 0 Å². The highest BCUT2D eigenvalue weighted by Crippen LogP contribution is 2.66. The molecule has 0 saturated carbocycles. The van der Waals surface area contributed by atoms with Gasteiger partial charge in [0.15, 0.2) is 0 Å². The van der Waals surface area contributed by atoms with E-state index in [-0.39, 0.29) is 49.3 Å². The van der Waals surface area contributed by atoms with Crippen LogP contribution in [0.5, 0.6) is 5.75 Å². The number of ether oxygens (including phenoxy) is 2. The first-order valence-electron chi connectivity index (χ1n) is 15.8. The third-order valence-electron chi connectivity index (χ3n) is 9.99. The molecule has 3 amide bonds. The second-order valence-corrected chi connectivity index (χ2v) is 14.0. The van der Waals surface area contributed by atoms with Crippen molar-refractivity contribution in [2.75, 3.05) is 31.2 Å². The molecule has 1 aromatic carbocycles. The lowest BCUT2D eigenvalue weighted by atomic mass is 9.62. The van der Waals surface area contributed by atoms with E-state index >= 15 is 0 Å². The number of rotatable bonds is 12. The molecule has 3 aliphatic rings. The number of anilines is 1. The Morgan fingerprint density at radius 1 is 1.16 bits per heavy atom. The Kier molecular flexibility index (Phi) is 9.44. The van der Waals surface area contributed by atoms with Gasteiger partial charge in [0.05, 0.1) is 36.7 Å². The Morgan fingerprint density at radius 3 is 2.27 bits per heavy atom. The van der Waals surface area contributed by atoms with Crippen LogP contribution in [0.4, 0.5) is 5.69 Å². The van der Waals surface area contributed by atoms with Crippen molar-refractivity contribution < 1.29 is 29.0 Å². The third kappa shape index (κ3) is 5.26. The lowest BCUT2D eigenvalue weighted by Gasteiger charge is -2.44. The lowest BCUT2D eigenvalue weighted by Crippen LogP contribution is -2.62. The average Bonchev–Trinajstić information content (AvgIpc) is 3.47. The van der Waals surface area contributed by atoms with Gasteiger partial charge in [-0.3, -0.25) is 14.4 Å². The molecule has 3 heterocycles. The van der Waals surface area contributed by atoms with Gasteiger partial charge in [-0.15, -0.1) is 13.2 Å². The molecule has 7 atom stereocenters. The van der Waals surface area contributed by atoms with Gasteiger partial charge in [-0.1, -0.05) is 32.9 Å². The summed E-state index contributed by atoms with van der Waals surface area (Å²) in [4.78, 5) is 49.2. The van der Waals surface area contributed by atoms with Crippen LogP contribution in [0.1, 0.15) is 61.8 Å². The number of likely N-dealkylation sites (tertiary alicyclic amines) is 1. The van der Waals surface area contributed by atoms with Crippen LogP contribution in [0.3, 0.4) is 0 Å². The average molecular weight is 610 g/mol. The van der Waals surface area contributed by atoms with Crippen molar-refractivity contribution in [1.29, 1.82) is 0 Å². The lowest BCUT2D eigenvalue weighted by molar-refractivity contribution is -0.159. The first-order chi connectivity index (χ1) is 20.6. The van der Waals surface area contributed by atoms with Gasteiger partial charge in [0.25, 0.3) is 0 Å². The maximum absolute atomic E-state index is 14.8. The molecule has 2 bridgehead atoms. The van der Waals surface area contributed by atoms with E-state index < -0.39 is 40.7 Å². The summed E-state index contributed by atoms with van der Waals surface area (Å²) in [5.74, 6) is -2.12. The molecule has 3 fully saturated rings. The first-order valence-corrected chi connectivity index (χ1v) is 15.8. The van der Waals surface area contributed by atoms with Crippen molar-refractivity contribution in [2.24, 2.45) is 23.7 Å². The molecule has 0 aromatic heterocycles. The highest BCUT2D eigenvalue weighted by Gasteiger charge is 2.80. The van der Waals surface area contributed by atoms with Crippen molar-refractivity contribution >= 4 is 23.4 Å². The predicted octanol–water partition coefficient (Wildman–Crippen LogP) is 4.45. The van der Waals surface area contributed by atoms with Crippen LogP contribution in [0.2, 0.25) is 0 Å². The maximum Gasteiger partial charge on any atom is 0.249 e. The van der Waals surface area contributed by atoms with Crippen LogP contribution in [0.15, 0.2) is 49.6 Å². The van der Waals surface area contributed by atoms with Crippen molar-refractivity contribution in [3.63, 3.8) is 0 Å². The van der Waals surface area contributed by atoms with Crippen molar-refractivity contribution in [1.82, 2.24) is 9.80 Å². The quantitative estimate of drug-likeness (QED) is 0.352. The van der Waals surface area contributed by atoms with Crippen molar-refractivity contribution in [3.8, 4) is 5.75 Å². The first kappa shape index (κ1) is 33.7. The van der Waals surface area contributed by atoms with E-state index in [1.54, 1.807) is 26.9 Å². The smallest absolute Gasteiger partial charge is 0.249 e. The zero-order chi connectivity index (χ0) is 32.8. The molecule has 0 aliphatic carbocycles. The molecule has 1 N–H and O–H groups in total. The number of fused-ring (bicyclic) bond motifs is 1. The molecule has 3 aliphatic heterocycles. The number of carbonyl (C=O) groups excluding carboxylic acids is 3. The number of hydrogen-bond acceptors (Lipinski definition) is 6. The Labute approximate surface area is 262 Å².